The number of rotatable bonds is 6. The topological polar surface area (TPSA) is 43.3 Å². The van der Waals surface area contributed by atoms with Gasteiger partial charge in [-0.3, -0.25) is 4.79 Å². The van der Waals surface area contributed by atoms with Crippen LogP contribution in [0, 0.1) is 5.82 Å². The fourth-order valence-electron chi connectivity index (χ4n) is 1.88. The van der Waals surface area contributed by atoms with Crippen LogP contribution in [0.5, 0.6) is 5.75 Å². The van der Waals surface area contributed by atoms with Crippen LogP contribution in [0.4, 0.5) is 10.1 Å². The van der Waals surface area contributed by atoms with E-state index in [-0.39, 0.29) is 11.6 Å². The second-order valence-corrected chi connectivity index (χ2v) is 4.42. The molecule has 2 rings (SSSR count). The zero-order chi connectivity index (χ0) is 14.4. The predicted octanol–water partition coefficient (Wildman–Crippen LogP) is 3.05. The molecule has 106 valence electrons. The Bertz CT molecular complexity index is 567. The second kappa shape index (κ2) is 6.75. The molecule has 20 heavy (non-hydrogen) atoms. The summed E-state index contributed by atoms with van der Waals surface area (Å²) in [5.74, 6) is -0.164. The van der Waals surface area contributed by atoms with Crippen molar-refractivity contribution in [2.45, 2.75) is 19.4 Å². The first-order valence-corrected chi connectivity index (χ1v) is 6.43. The third-order valence-electron chi connectivity index (χ3n) is 2.93. The quantitative estimate of drug-likeness (QED) is 0.881. The summed E-state index contributed by atoms with van der Waals surface area (Å²) < 4.78 is 20.5. The first-order valence-electron chi connectivity index (χ1n) is 6.43. The number of aryl methyl sites for hydroxylation is 1. The zero-order valence-corrected chi connectivity index (χ0v) is 11.3. The number of hydrogen-bond donors (Lipinski definition) is 1. The van der Waals surface area contributed by atoms with E-state index in [1.807, 2.05) is 29.1 Å². The molecule has 0 spiro atoms. The molecule has 1 amide bonds. The monoisotopic (exact) mass is 276 g/mol. The lowest BCUT2D eigenvalue weighted by atomic mass is 10.2. The molecule has 0 atom stereocenters. The van der Waals surface area contributed by atoms with Gasteiger partial charge >= 0.3 is 0 Å². The van der Waals surface area contributed by atoms with Crippen molar-refractivity contribution in [1.82, 2.24) is 4.57 Å². The van der Waals surface area contributed by atoms with Crippen LogP contribution in [0.15, 0.2) is 42.7 Å². The number of ether oxygens (including phenoxy) is 1. The van der Waals surface area contributed by atoms with Crippen molar-refractivity contribution in [2.24, 2.45) is 0 Å². The van der Waals surface area contributed by atoms with Crippen LogP contribution in [0.1, 0.15) is 12.8 Å². The summed E-state index contributed by atoms with van der Waals surface area (Å²) in [5, 5.41) is 2.56. The van der Waals surface area contributed by atoms with E-state index in [1.54, 1.807) is 0 Å². The minimum atomic E-state index is -0.468. The molecule has 0 fully saturated rings. The Morgan fingerprint density at radius 3 is 2.80 bits per heavy atom. The first kappa shape index (κ1) is 14.1. The van der Waals surface area contributed by atoms with Gasteiger partial charge in [0.15, 0.2) is 0 Å². The molecule has 1 heterocycles. The second-order valence-electron chi connectivity index (χ2n) is 4.42. The first-order chi connectivity index (χ1) is 9.69. The minimum absolute atomic E-state index is 0.148. The number of benzene rings is 1. The molecule has 0 aliphatic carbocycles. The number of amides is 1. The number of nitrogens with zero attached hydrogens (tertiary/aromatic N) is 1. The van der Waals surface area contributed by atoms with Gasteiger partial charge in [-0.05, 0) is 30.7 Å². The van der Waals surface area contributed by atoms with Crippen LogP contribution in [0.2, 0.25) is 0 Å². The van der Waals surface area contributed by atoms with Crippen molar-refractivity contribution in [2.75, 3.05) is 12.4 Å². The van der Waals surface area contributed by atoms with Crippen molar-refractivity contribution < 1.29 is 13.9 Å². The summed E-state index contributed by atoms with van der Waals surface area (Å²) in [5.41, 5.74) is 0.148. The fraction of sp³-hybridized carbons (Fsp3) is 0.267. The van der Waals surface area contributed by atoms with Crippen molar-refractivity contribution in [1.29, 1.82) is 0 Å². The Hall–Kier alpha value is -2.30. The maximum Gasteiger partial charge on any atom is 0.224 e. The number of methoxy groups -OCH3 is 1. The number of hydrogen-bond acceptors (Lipinski definition) is 2. The van der Waals surface area contributed by atoms with Crippen LogP contribution in [-0.4, -0.2) is 17.6 Å². The van der Waals surface area contributed by atoms with E-state index in [4.69, 9.17) is 4.74 Å². The number of carbonyl (C=O) groups excluding carboxylic acids is 1. The van der Waals surface area contributed by atoms with Gasteiger partial charge in [0.05, 0.1) is 12.8 Å². The molecule has 0 radical (unpaired) electrons. The number of aromatic nitrogens is 1. The summed E-state index contributed by atoms with van der Waals surface area (Å²) in [7, 11) is 1.50. The van der Waals surface area contributed by atoms with Crippen molar-refractivity contribution >= 4 is 11.6 Å². The molecule has 0 aliphatic heterocycles. The molecule has 5 heteroatoms. The molecule has 0 unspecified atom stereocenters. The highest BCUT2D eigenvalue weighted by Gasteiger charge is 2.08. The predicted molar refractivity (Wildman–Crippen MR) is 75.2 cm³/mol. The standard InChI is InChI=1S/C15H17FN2O2/c1-20-12-6-7-13(16)14(11-12)17-15(19)5-4-10-18-8-2-3-9-18/h2-3,6-9,11H,4-5,10H2,1H3,(H,17,19). The van der Waals surface area contributed by atoms with Crippen LogP contribution in [-0.2, 0) is 11.3 Å². The van der Waals surface area contributed by atoms with Gasteiger partial charge in [-0.15, -0.1) is 0 Å². The Kier molecular flexibility index (Phi) is 4.76. The Morgan fingerprint density at radius 2 is 2.10 bits per heavy atom. The van der Waals surface area contributed by atoms with Crippen molar-refractivity contribution in [3.63, 3.8) is 0 Å². The fourth-order valence-corrected chi connectivity index (χ4v) is 1.88. The van der Waals surface area contributed by atoms with Gasteiger partial charge in [0.1, 0.15) is 11.6 Å². The third-order valence-corrected chi connectivity index (χ3v) is 2.93. The van der Waals surface area contributed by atoms with Crippen LogP contribution in [0.25, 0.3) is 0 Å². The number of carbonyl (C=O) groups is 1. The zero-order valence-electron chi connectivity index (χ0n) is 11.3. The van der Waals surface area contributed by atoms with Crippen LogP contribution < -0.4 is 10.1 Å². The molecule has 4 nitrogen and oxygen atoms in total. The summed E-state index contributed by atoms with van der Waals surface area (Å²) >= 11 is 0. The van der Waals surface area contributed by atoms with Crippen LogP contribution >= 0.6 is 0 Å². The summed E-state index contributed by atoms with van der Waals surface area (Å²) in [6, 6.07) is 8.13. The minimum Gasteiger partial charge on any atom is -0.497 e. The van der Waals surface area contributed by atoms with Gasteiger partial charge in [0.2, 0.25) is 5.91 Å². The molecule has 0 bridgehead atoms. The summed E-state index contributed by atoms with van der Waals surface area (Å²) in [6.45, 7) is 0.765. The number of nitrogens with one attached hydrogen (secondary N) is 1. The number of halogens is 1. The van der Waals surface area contributed by atoms with Crippen molar-refractivity contribution in [3.8, 4) is 5.75 Å². The lowest BCUT2D eigenvalue weighted by molar-refractivity contribution is -0.116. The molecule has 0 saturated heterocycles. The Labute approximate surface area is 117 Å². The Balaban J connectivity index is 1.84. The lowest BCUT2D eigenvalue weighted by Crippen LogP contribution is -2.13. The molecule has 1 aromatic heterocycles. The largest absolute Gasteiger partial charge is 0.497 e. The van der Waals surface area contributed by atoms with E-state index < -0.39 is 5.82 Å². The third kappa shape index (κ3) is 3.85. The van der Waals surface area contributed by atoms with Gasteiger partial charge < -0.3 is 14.6 Å². The summed E-state index contributed by atoms with van der Waals surface area (Å²) in [6.07, 6.45) is 4.93. The van der Waals surface area contributed by atoms with Gasteiger partial charge in [-0.25, -0.2) is 4.39 Å². The highest BCUT2D eigenvalue weighted by atomic mass is 19.1. The number of anilines is 1. The average molecular weight is 276 g/mol. The van der Waals surface area contributed by atoms with E-state index in [1.165, 1.54) is 25.3 Å². The average Bonchev–Trinajstić information content (AvgIpc) is 2.94. The maximum atomic E-state index is 13.5. The highest BCUT2D eigenvalue weighted by Crippen LogP contribution is 2.21. The van der Waals surface area contributed by atoms with Gasteiger partial charge in [-0.1, -0.05) is 0 Å². The smallest absolute Gasteiger partial charge is 0.224 e. The molecule has 1 aromatic carbocycles. The molecule has 2 aromatic rings. The van der Waals surface area contributed by atoms with E-state index >= 15 is 0 Å². The highest BCUT2D eigenvalue weighted by molar-refractivity contribution is 5.91. The molecule has 1 N–H and O–H groups in total. The molecule has 0 saturated carbocycles. The van der Waals surface area contributed by atoms with E-state index in [9.17, 15) is 9.18 Å². The normalized spacial score (nSPS) is 10.3. The van der Waals surface area contributed by atoms with E-state index in [2.05, 4.69) is 5.32 Å². The Morgan fingerprint density at radius 1 is 1.35 bits per heavy atom. The molecular formula is C15H17FN2O2. The van der Waals surface area contributed by atoms with Gasteiger partial charge in [-0.2, -0.15) is 0 Å². The van der Waals surface area contributed by atoms with Crippen LogP contribution in [0.3, 0.4) is 0 Å². The van der Waals surface area contributed by atoms with E-state index in [0.717, 1.165) is 6.54 Å². The van der Waals surface area contributed by atoms with Gasteiger partial charge in [0, 0.05) is 31.4 Å². The lowest BCUT2D eigenvalue weighted by Gasteiger charge is -2.08. The molecule has 0 aliphatic rings. The van der Waals surface area contributed by atoms with Gasteiger partial charge in [0.25, 0.3) is 0 Å². The summed E-state index contributed by atoms with van der Waals surface area (Å²) in [4.78, 5) is 11.8. The van der Waals surface area contributed by atoms with Crippen molar-refractivity contribution in [3.05, 3.63) is 48.5 Å². The maximum absolute atomic E-state index is 13.5. The van der Waals surface area contributed by atoms with E-state index in [0.29, 0.717) is 18.6 Å². The SMILES string of the molecule is COc1ccc(F)c(NC(=O)CCCn2cccc2)c1. The molecular weight excluding hydrogens is 259 g/mol.